The maximum Gasteiger partial charge on any atom is 0.252 e. The van der Waals surface area contributed by atoms with Crippen molar-refractivity contribution in [1.29, 1.82) is 0 Å². The Morgan fingerprint density at radius 3 is 2.83 bits per heavy atom. The number of carbonyl (C=O) groups excluding carboxylic acids is 1. The predicted octanol–water partition coefficient (Wildman–Crippen LogP) is 3.60. The van der Waals surface area contributed by atoms with Crippen LogP contribution in [0, 0.1) is 0 Å². The Labute approximate surface area is 143 Å². The molecule has 3 N–H and O–H groups in total. The van der Waals surface area contributed by atoms with Gasteiger partial charge >= 0.3 is 0 Å². The zero-order valence-corrected chi connectivity index (χ0v) is 14.0. The quantitative estimate of drug-likeness (QED) is 0.716. The average molecular weight is 346 g/mol. The number of aromatic nitrogens is 2. The highest BCUT2D eigenvalue weighted by Gasteiger charge is 2.18. The number of hydrogen-bond acceptors (Lipinski definition) is 3. The molecule has 23 heavy (non-hydrogen) atoms. The van der Waals surface area contributed by atoms with Gasteiger partial charge in [-0.1, -0.05) is 29.8 Å². The number of thiophene rings is 1. The molecule has 3 rings (SSSR count). The smallest absolute Gasteiger partial charge is 0.252 e. The standard InChI is InChI=1S/C17H16ClN3OS/c18-12-4-1-3-11(9-12)10-15-16(17(19)22)14(20-21-15)7-6-13-5-2-8-23-13/h1-5,8-9H,6-7,10H2,(H2,19,22)(H,20,21). The molecule has 6 heteroatoms. The number of nitrogens with two attached hydrogens (primary N) is 1. The van der Waals surface area contributed by atoms with Crippen molar-refractivity contribution in [3.05, 3.63) is 74.2 Å². The molecule has 0 saturated carbocycles. The van der Waals surface area contributed by atoms with Crippen molar-refractivity contribution < 1.29 is 4.79 Å². The Morgan fingerprint density at radius 1 is 1.26 bits per heavy atom. The van der Waals surface area contributed by atoms with Gasteiger partial charge in [-0.05, 0) is 42.0 Å². The first kappa shape index (κ1) is 15.8. The number of primary amides is 1. The zero-order chi connectivity index (χ0) is 16.2. The molecule has 0 aliphatic rings. The lowest BCUT2D eigenvalue weighted by Gasteiger charge is -2.03. The van der Waals surface area contributed by atoms with Gasteiger partial charge in [-0.15, -0.1) is 11.3 Å². The second-order valence-electron chi connectivity index (χ2n) is 5.27. The first-order valence-corrected chi connectivity index (χ1v) is 8.52. The summed E-state index contributed by atoms with van der Waals surface area (Å²) in [6, 6.07) is 11.6. The van der Waals surface area contributed by atoms with Gasteiger partial charge in [0.2, 0.25) is 0 Å². The van der Waals surface area contributed by atoms with E-state index in [0.29, 0.717) is 23.4 Å². The van der Waals surface area contributed by atoms with Gasteiger partial charge in [-0.2, -0.15) is 5.10 Å². The van der Waals surface area contributed by atoms with E-state index in [9.17, 15) is 4.79 Å². The van der Waals surface area contributed by atoms with E-state index in [1.807, 2.05) is 35.7 Å². The van der Waals surface area contributed by atoms with Crippen LogP contribution in [0.2, 0.25) is 5.02 Å². The van der Waals surface area contributed by atoms with Crippen molar-refractivity contribution in [2.75, 3.05) is 0 Å². The summed E-state index contributed by atoms with van der Waals surface area (Å²) in [5, 5.41) is 9.97. The van der Waals surface area contributed by atoms with Crippen molar-refractivity contribution in [2.24, 2.45) is 5.73 Å². The highest BCUT2D eigenvalue weighted by atomic mass is 35.5. The number of halogens is 1. The molecule has 0 saturated heterocycles. The van der Waals surface area contributed by atoms with E-state index in [1.54, 1.807) is 11.3 Å². The van der Waals surface area contributed by atoms with Crippen LogP contribution in [0.5, 0.6) is 0 Å². The van der Waals surface area contributed by atoms with Crippen LogP contribution in [-0.4, -0.2) is 16.1 Å². The van der Waals surface area contributed by atoms with Gasteiger partial charge < -0.3 is 5.73 Å². The number of carbonyl (C=O) groups is 1. The Hall–Kier alpha value is -2.11. The molecule has 0 unspecified atom stereocenters. The number of aromatic amines is 1. The number of H-pyrrole nitrogens is 1. The van der Waals surface area contributed by atoms with Crippen LogP contribution in [0.15, 0.2) is 41.8 Å². The monoisotopic (exact) mass is 345 g/mol. The van der Waals surface area contributed by atoms with Crippen molar-refractivity contribution >= 4 is 28.8 Å². The van der Waals surface area contributed by atoms with E-state index in [0.717, 1.165) is 23.4 Å². The molecule has 1 aromatic carbocycles. The van der Waals surface area contributed by atoms with E-state index in [2.05, 4.69) is 16.3 Å². The summed E-state index contributed by atoms with van der Waals surface area (Å²) in [4.78, 5) is 13.1. The number of nitrogens with zero attached hydrogens (tertiary/aromatic N) is 1. The average Bonchev–Trinajstić information content (AvgIpc) is 3.14. The third-order valence-electron chi connectivity index (χ3n) is 3.62. The van der Waals surface area contributed by atoms with E-state index in [-0.39, 0.29) is 0 Å². The van der Waals surface area contributed by atoms with Gasteiger partial charge in [-0.3, -0.25) is 9.89 Å². The largest absolute Gasteiger partial charge is 0.365 e. The van der Waals surface area contributed by atoms with Crippen LogP contribution in [0.3, 0.4) is 0 Å². The summed E-state index contributed by atoms with van der Waals surface area (Å²) in [6.45, 7) is 0. The summed E-state index contributed by atoms with van der Waals surface area (Å²) in [7, 11) is 0. The van der Waals surface area contributed by atoms with E-state index in [1.165, 1.54) is 4.88 Å². The van der Waals surface area contributed by atoms with Crippen LogP contribution in [0.1, 0.15) is 32.2 Å². The lowest BCUT2D eigenvalue weighted by atomic mass is 10.0. The molecular weight excluding hydrogens is 330 g/mol. The third kappa shape index (κ3) is 3.81. The fourth-order valence-corrected chi connectivity index (χ4v) is 3.49. The Bertz CT molecular complexity index is 811. The molecule has 4 nitrogen and oxygen atoms in total. The highest BCUT2D eigenvalue weighted by molar-refractivity contribution is 7.09. The second-order valence-corrected chi connectivity index (χ2v) is 6.74. The third-order valence-corrected chi connectivity index (χ3v) is 4.79. The number of hydrogen-bond donors (Lipinski definition) is 2. The number of rotatable bonds is 6. The topological polar surface area (TPSA) is 71.8 Å². The molecule has 3 aromatic rings. The van der Waals surface area contributed by atoms with Gasteiger partial charge in [0.1, 0.15) is 0 Å². The minimum Gasteiger partial charge on any atom is -0.365 e. The molecule has 2 aromatic heterocycles. The molecule has 1 amide bonds. The van der Waals surface area contributed by atoms with Gasteiger partial charge in [0.25, 0.3) is 5.91 Å². The lowest BCUT2D eigenvalue weighted by molar-refractivity contribution is 0.0998. The van der Waals surface area contributed by atoms with Gasteiger partial charge in [0, 0.05) is 16.3 Å². The Balaban J connectivity index is 1.82. The highest BCUT2D eigenvalue weighted by Crippen LogP contribution is 2.20. The summed E-state index contributed by atoms with van der Waals surface area (Å²) >= 11 is 7.71. The van der Waals surface area contributed by atoms with Gasteiger partial charge in [0.15, 0.2) is 0 Å². The summed E-state index contributed by atoms with van der Waals surface area (Å²) in [5.41, 5.74) is 8.54. The van der Waals surface area contributed by atoms with E-state index in [4.69, 9.17) is 17.3 Å². The van der Waals surface area contributed by atoms with Crippen LogP contribution in [0.25, 0.3) is 0 Å². The van der Waals surface area contributed by atoms with Crippen molar-refractivity contribution in [3.63, 3.8) is 0 Å². The van der Waals surface area contributed by atoms with Crippen LogP contribution < -0.4 is 5.73 Å². The SMILES string of the molecule is NC(=O)c1c(CCc2cccs2)n[nH]c1Cc1cccc(Cl)c1. The summed E-state index contributed by atoms with van der Waals surface area (Å²) < 4.78 is 0. The fourth-order valence-electron chi connectivity index (χ4n) is 2.57. The van der Waals surface area contributed by atoms with Gasteiger partial charge in [-0.25, -0.2) is 0 Å². The first-order valence-electron chi connectivity index (χ1n) is 7.26. The fraction of sp³-hybridized carbons (Fsp3) is 0.176. The van der Waals surface area contributed by atoms with Crippen LogP contribution in [-0.2, 0) is 19.3 Å². The molecule has 0 radical (unpaired) electrons. The first-order chi connectivity index (χ1) is 11.1. The maximum atomic E-state index is 11.9. The maximum absolute atomic E-state index is 11.9. The molecule has 0 bridgehead atoms. The molecule has 0 fully saturated rings. The molecular formula is C17H16ClN3OS. The number of benzene rings is 1. The number of amides is 1. The molecule has 0 aliphatic heterocycles. The zero-order valence-electron chi connectivity index (χ0n) is 12.4. The molecule has 0 spiro atoms. The second kappa shape index (κ2) is 6.98. The van der Waals surface area contributed by atoms with Gasteiger partial charge in [0.05, 0.1) is 17.0 Å². The molecule has 0 aliphatic carbocycles. The summed E-state index contributed by atoms with van der Waals surface area (Å²) in [6.07, 6.45) is 2.08. The number of nitrogens with one attached hydrogen (secondary N) is 1. The predicted molar refractivity (Wildman–Crippen MR) is 93.1 cm³/mol. The molecule has 0 atom stereocenters. The minimum atomic E-state index is -0.447. The molecule has 2 heterocycles. The van der Waals surface area contributed by atoms with Crippen molar-refractivity contribution in [3.8, 4) is 0 Å². The van der Waals surface area contributed by atoms with E-state index < -0.39 is 5.91 Å². The lowest BCUT2D eigenvalue weighted by Crippen LogP contribution is -2.15. The Morgan fingerprint density at radius 2 is 2.13 bits per heavy atom. The van der Waals surface area contributed by atoms with Crippen LogP contribution in [0.4, 0.5) is 0 Å². The number of aryl methyl sites for hydroxylation is 2. The normalized spacial score (nSPS) is 10.8. The van der Waals surface area contributed by atoms with Crippen LogP contribution >= 0.6 is 22.9 Å². The van der Waals surface area contributed by atoms with Crippen molar-refractivity contribution in [1.82, 2.24) is 10.2 Å². The van der Waals surface area contributed by atoms with E-state index >= 15 is 0 Å². The Kier molecular flexibility index (Phi) is 4.79. The molecule has 118 valence electrons. The summed E-state index contributed by atoms with van der Waals surface area (Å²) in [5.74, 6) is -0.447. The minimum absolute atomic E-state index is 0.447. The van der Waals surface area contributed by atoms with Crippen molar-refractivity contribution in [2.45, 2.75) is 19.3 Å².